The van der Waals surface area contributed by atoms with E-state index in [1.165, 1.54) is 4.72 Å². The van der Waals surface area contributed by atoms with Crippen molar-refractivity contribution in [3.05, 3.63) is 0 Å². The van der Waals surface area contributed by atoms with Crippen molar-refractivity contribution < 1.29 is 9.52 Å². The minimum atomic E-state index is -0.262. The number of thiol groups is 1. The van der Waals surface area contributed by atoms with Crippen LogP contribution < -0.4 is 4.72 Å². The van der Waals surface area contributed by atoms with Crippen LogP contribution in [0.2, 0.25) is 0 Å². The lowest BCUT2D eigenvalue weighted by molar-refractivity contribution is -0.401. The van der Waals surface area contributed by atoms with Crippen molar-refractivity contribution in [3.63, 3.8) is 0 Å². The highest BCUT2D eigenvalue weighted by atomic mass is 32.1. The monoisotopic (exact) mass is 134 g/mol. The molecule has 0 bridgehead atoms. The lowest BCUT2D eigenvalue weighted by Gasteiger charge is -2.09. The van der Waals surface area contributed by atoms with Gasteiger partial charge in [0.25, 0.3) is 0 Å². The maximum Gasteiger partial charge on any atom is 0.326 e. The number of carbonyl (C=O) groups is 1. The molecule has 0 saturated carbocycles. The Bertz CT molecular complexity index is 95.1. The molecule has 0 spiro atoms. The van der Waals surface area contributed by atoms with Crippen molar-refractivity contribution in [2.24, 2.45) is 5.41 Å². The molecule has 0 aliphatic heterocycles. The number of hydrogen-bond acceptors (Lipinski definition) is 2. The third kappa shape index (κ3) is 2.33. The van der Waals surface area contributed by atoms with Gasteiger partial charge < -0.3 is 0 Å². The fourth-order valence-electron chi connectivity index (χ4n) is 0.194. The number of quaternary nitrogens is 1. The van der Waals surface area contributed by atoms with Gasteiger partial charge in [0.1, 0.15) is 0 Å². The zero-order valence-electron chi connectivity index (χ0n) is 5.43. The highest BCUT2D eigenvalue weighted by Gasteiger charge is 2.23. The molecule has 2 nitrogen and oxygen atoms in total. The first-order chi connectivity index (χ1) is 3.48. The molecule has 0 aromatic heterocycles. The maximum absolute atomic E-state index is 10.7. The summed E-state index contributed by atoms with van der Waals surface area (Å²) in [6.07, 6.45) is 0. The number of carbonyl (C=O) groups excluding carboxylic acids is 1. The van der Waals surface area contributed by atoms with Gasteiger partial charge in [-0.05, 0) is 20.8 Å². The molecule has 0 heterocycles. The lowest BCUT2D eigenvalue weighted by Crippen LogP contribution is -2.80. The van der Waals surface area contributed by atoms with Crippen LogP contribution >= 0.6 is 12.8 Å². The second-order valence-corrected chi connectivity index (χ2v) is 3.00. The number of rotatable bonds is 0. The Labute approximate surface area is 55.2 Å². The van der Waals surface area contributed by atoms with E-state index in [4.69, 9.17) is 0 Å². The molecule has 1 amide bonds. The minimum absolute atomic E-state index is 0.0702. The van der Waals surface area contributed by atoms with E-state index in [9.17, 15) is 4.79 Å². The standard InChI is InChI=1S/C5H11NOS/c1-5(2,3)4(7)6-8/h8H,1-3H3,(H,6,7)/p+1. The van der Waals surface area contributed by atoms with Gasteiger partial charge in [0, 0.05) is 0 Å². The van der Waals surface area contributed by atoms with E-state index < -0.39 is 0 Å². The number of hydrogen-bond donors (Lipinski definition) is 2. The Morgan fingerprint density at radius 3 is 1.88 bits per heavy atom. The fourth-order valence-corrected chi connectivity index (χ4v) is 0.581. The summed E-state index contributed by atoms with van der Waals surface area (Å²) in [5, 5.41) is 0. The fraction of sp³-hybridized carbons (Fsp3) is 0.800. The van der Waals surface area contributed by atoms with Gasteiger partial charge in [-0.1, -0.05) is 0 Å². The summed E-state index contributed by atoms with van der Waals surface area (Å²) in [6, 6.07) is 0. The largest absolute Gasteiger partial charge is 0.326 e. The molecule has 0 aliphatic carbocycles. The van der Waals surface area contributed by atoms with Crippen molar-refractivity contribution in [2.75, 3.05) is 0 Å². The normalized spacial score (nSPS) is 11.5. The van der Waals surface area contributed by atoms with Crippen molar-refractivity contribution >= 4 is 18.7 Å². The van der Waals surface area contributed by atoms with Crippen LogP contribution in [-0.2, 0) is 4.79 Å². The molecular formula is C5H12NOS+. The van der Waals surface area contributed by atoms with Crippen LogP contribution in [0.3, 0.4) is 0 Å². The van der Waals surface area contributed by atoms with E-state index in [-0.39, 0.29) is 11.3 Å². The van der Waals surface area contributed by atoms with E-state index in [2.05, 4.69) is 12.8 Å². The molecule has 48 valence electrons. The van der Waals surface area contributed by atoms with Crippen LogP contribution in [-0.4, -0.2) is 5.91 Å². The zero-order chi connectivity index (χ0) is 6.78. The third-order valence-electron chi connectivity index (χ3n) is 0.856. The summed E-state index contributed by atoms with van der Waals surface area (Å²) in [5.41, 5.74) is -0.262. The summed E-state index contributed by atoms with van der Waals surface area (Å²) in [7, 11) is 0. The quantitative estimate of drug-likeness (QED) is 0.448. The smallest absolute Gasteiger partial charge is 0.229 e. The summed E-state index contributed by atoms with van der Waals surface area (Å²) in [5.74, 6) is 0.0702. The lowest BCUT2D eigenvalue weighted by atomic mass is 9.96. The summed E-state index contributed by atoms with van der Waals surface area (Å²) < 4.78 is 1.31. The Balaban J connectivity index is 3.82. The molecule has 0 aliphatic rings. The van der Waals surface area contributed by atoms with E-state index in [0.29, 0.717) is 0 Å². The van der Waals surface area contributed by atoms with Gasteiger partial charge in [0.15, 0.2) is 0 Å². The summed E-state index contributed by atoms with van der Waals surface area (Å²) in [6.45, 7) is 5.59. The molecule has 0 fully saturated rings. The topological polar surface area (TPSA) is 33.7 Å². The Hall–Kier alpha value is -0.0200. The van der Waals surface area contributed by atoms with Gasteiger partial charge in [0.2, 0.25) is 0 Å². The van der Waals surface area contributed by atoms with E-state index in [0.717, 1.165) is 0 Å². The second-order valence-electron chi connectivity index (χ2n) is 2.74. The summed E-state index contributed by atoms with van der Waals surface area (Å²) >= 11 is 3.73. The second kappa shape index (κ2) is 2.51. The van der Waals surface area contributed by atoms with Crippen LogP contribution in [0.25, 0.3) is 0 Å². The van der Waals surface area contributed by atoms with Gasteiger partial charge in [-0.25, -0.2) is 9.52 Å². The molecule has 3 heteroatoms. The van der Waals surface area contributed by atoms with Gasteiger partial charge >= 0.3 is 5.91 Å². The molecule has 0 saturated heterocycles. The Kier molecular flexibility index (Phi) is 2.50. The van der Waals surface area contributed by atoms with E-state index in [1.807, 2.05) is 20.8 Å². The van der Waals surface area contributed by atoms with Gasteiger partial charge in [-0.15, -0.1) is 0 Å². The molecule has 0 aromatic rings. The van der Waals surface area contributed by atoms with Crippen molar-refractivity contribution in [1.29, 1.82) is 0 Å². The predicted molar refractivity (Wildman–Crippen MR) is 35.4 cm³/mol. The number of primary amides is 1. The van der Waals surface area contributed by atoms with Crippen molar-refractivity contribution in [2.45, 2.75) is 20.8 Å². The maximum atomic E-state index is 10.7. The third-order valence-corrected chi connectivity index (χ3v) is 1.09. The van der Waals surface area contributed by atoms with Gasteiger partial charge in [0.05, 0.1) is 18.2 Å². The minimum Gasteiger partial charge on any atom is -0.229 e. The first-order valence-corrected chi connectivity index (χ1v) is 3.02. The molecule has 0 aromatic carbocycles. The van der Waals surface area contributed by atoms with E-state index >= 15 is 0 Å². The molecule has 8 heavy (non-hydrogen) atoms. The van der Waals surface area contributed by atoms with Crippen LogP contribution in [0.15, 0.2) is 0 Å². The molecular weight excluding hydrogens is 122 g/mol. The van der Waals surface area contributed by atoms with Crippen LogP contribution in [0.5, 0.6) is 0 Å². The molecule has 2 N–H and O–H groups in total. The van der Waals surface area contributed by atoms with Gasteiger partial charge in [-0.2, -0.15) is 0 Å². The first-order valence-electron chi connectivity index (χ1n) is 2.50. The average Bonchev–Trinajstić information content (AvgIpc) is 1.62. The number of amides is 1. The molecule has 0 rings (SSSR count). The predicted octanol–water partition coefficient (Wildman–Crippen LogP) is -0.0327. The zero-order valence-corrected chi connectivity index (χ0v) is 6.33. The van der Waals surface area contributed by atoms with E-state index in [1.54, 1.807) is 0 Å². The molecule has 0 radical (unpaired) electrons. The van der Waals surface area contributed by atoms with Crippen LogP contribution in [0.1, 0.15) is 20.8 Å². The van der Waals surface area contributed by atoms with Crippen molar-refractivity contribution in [1.82, 2.24) is 0 Å². The highest BCUT2D eigenvalue weighted by molar-refractivity contribution is 7.73. The highest BCUT2D eigenvalue weighted by Crippen LogP contribution is 2.09. The SMILES string of the molecule is CC(C)(C)C(=O)[NH2+]S. The van der Waals surface area contributed by atoms with Gasteiger partial charge in [-0.3, -0.25) is 0 Å². The first kappa shape index (κ1) is 7.98. The average molecular weight is 134 g/mol. The Morgan fingerprint density at radius 1 is 1.50 bits per heavy atom. The Morgan fingerprint density at radius 2 is 1.88 bits per heavy atom. The number of nitrogens with two attached hydrogens (primary N) is 1. The van der Waals surface area contributed by atoms with Crippen LogP contribution in [0.4, 0.5) is 0 Å². The van der Waals surface area contributed by atoms with Crippen LogP contribution in [0, 0.1) is 5.41 Å². The molecule has 0 unspecified atom stereocenters. The summed E-state index contributed by atoms with van der Waals surface area (Å²) in [4.78, 5) is 10.7. The van der Waals surface area contributed by atoms with Crippen molar-refractivity contribution in [3.8, 4) is 0 Å². The molecule has 0 atom stereocenters.